The number of rotatable bonds is 3. The predicted octanol–water partition coefficient (Wildman–Crippen LogP) is 2.04. The molecule has 0 spiro atoms. The first-order valence-electron chi connectivity index (χ1n) is 5.50. The molecule has 1 N–H and O–H groups in total. The first-order valence-corrected chi connectivity index (χ1v) is 6.38. The van der Waals surface area contributed by atoms with Gasteiger partial charge in [-0.25, -0.2) is 9.78 Å². The molecule has 4 nitrogen and oxygen atoms in total. The molecule has 1 saturated heterocycles. The predicted molar refractivity (Wildman–Crippen MR) is 63.1 cm³/mol. The summed E-state index contributed by atoms with van der Waals surface area (Å²) in [7, 11) is 0. The Bertz CT molecular complexity index is 389. The third kappa shape index (κ3) is 2.25. The van der Waals surface area contributed by atoms with Crippen molar-refractivity contribution in [2.75, 3.05) is 13.1 Å². The number of aromatic carboxylic acids is 1. The highest BCUT2D eigenvalue weighted by atomic mass is 32.1. The van der Waals surface area contributed by atoms with Gasteiger partial charge >= 0.3 is 5.97 Å². The van der Waals surface area contributed by atoms with Gasteiger partial charge in [-0.05, 0) is 26.8 Å². The first-order chi connectivity index (χ1) is 7.58. The minimum Gasteiger partial charge on any atom is -0.476 e. The van der Waals surface area contributed by atoms with Crippen LogP contribution in [0.1, 0.15) is 41.7 Å². The number of carboxylic acid groups (broad SMARTS) is 1. The Hall–Kier alpha value is -0.940. The number of hydrogen-bond acceptors (Lipinski definition) is 4. The van der Waals surface area contributed by atoms with Gasteiger partial charge in [0.25, 0.3) is 0 Å². The summed E-state index contributed by atoms with van der Waals surface area (Å²) in [6.07, 6.45) is 1.09. The van der Waals surface area contributed by atoms with Gasteiger partial charge in [-0.15, -0.1) is 11.3 Å². The maximum Gasteiger partial charge on any atom is 0.355 e. The first kappa shape index (κ1) is 11.5. The zero-order valence-corrected chi connectivity index (χ0v) is 10.3. The van der Waals surface area contributed by atoms with Crippen LogP contribution in [0, 0.1) is 0 Å². The molecule has 16 heavy (non-hydrogen) atoms. The maximum atomic E-state index is 10.7. The lowest BCUT2D eigenvalue weighted by Gasteiger charge is -2.19. The van der Waals surface area contributed by atoms with E-state index in [9.17, 15) is 4.79 Å². The Morgan fingerprint density at radius 1 is 1.69 bits per heavy atom. The minimum absolute atomic E-state index is 0.183. The van der Waals surface area contributed by atoms with Gasteiger partial charge in [0.2, 0.25) is 0 Å². The van der Waals surface area contributed by atoms with Gasteiger partial charge in [-0.2, -0.15) is 0 Å². The fourth-order valence-corrected chi connectivity index (χ4v) is 2.95. The summed E-state index contributed by atoms with van der Waals surface area (Å²) < 4.78 is 0. The average molecular weight is 240 g/mol. The van der Waals surface area contributed by atoms with Crippen LogP contribution >= 0.6 is 11.3 Å². The van der Waals surface area contributed by atoms with Crippen LogP contribution in [-0.2, 0) is 0 Å². The molecule has 1 unspecified atom stereocenters. The summed E-state index contributed by atoms with van der Waals surface area (Å²) in [5.41, 5.74) is 0.183. The lowest BCUT2D eigenvalue weighted by atomic mass is 10.1. The van der Waals surface area contributed by atoms with E-state index < -0.39 is 5.97 Å². The van der Waals surface area contributed by atoms with Crippen molar-refractivity contribution in [2.24, 2.45) is 0 Å². The van der Waals surface area contributed by atoms with E-state index in [1.54, 1.807) is 5.38 Å². The normalized spacial score (nSPS) is 21.8. The molecular weight excluding hydrogens is 224 g/mol. The molecule has 0 radical (unpaired) electrons. The van der Waals surface area contributed by atoms with Crippen molar-refractivity contribution >= 4 is 17.3 Å². The Kier molecular flexibility index (Phi) is 3.25. The van der Waals surface area contributed by atoms with Crippen molar-refractivity contribution < 1.29 is 9.90 Å². The van der Waals surface area contributed by atoms with E-state index in [-0.39, 0.29) is 5.69 Å². The highest BCUT2D eigenvalue weighted by molar-refractivity contribution is 7.09. The molecule has 1 fully saturated rings. The Morgan fingerprint density at radius 2 is 2.44 bits per heavy atom. The number of carboxylic acids is 1. The summed E-state index contributed by atoms with van der Waals surface area (Å²) in [6.45, 7) is 6.47. The van der Waals surface area contributed by atoms with E-state index in [1.165, 1.54) is 11.3 Å². The van der Waals surface area contributed by atoms with Crippen molar-refractivity contribution in [3.8, 4) is 0 Å². The second kappa shape index (κ2) is 4.51. The van der Waals surface area contributed by atoms with Crippen LogP contribution in [0.25, 0.3) is 0 Å². The van der Waals surface area contributed by atoms with Gasteiger partial charge in [0.15, 0.2) is 5.69 Å². The van der Waals surface area contributed by atoms with E-state index in [0.29, 0.717) is 12.0 Å². The smallest absolute Gasteiger partial charge is 0.355 e. The molecule has 1 aliphatic heterocycles. The molecule has 0 aromatic carbocycles. The molecule has 0 aliphatic carbocycles. The van der Waals surface area contributed by atoms with Crippen LogP contribution < -0.4 is 0 Å². The number of carbonyl (C=O) groups is 1. The van der Waals surface area contributed by atoms with Gasteiger partial charge in [0.1, 0.15) is 0 Å². The standard InChI is InChI=1S/C11H16N2O2S/c1-7(2)13-4-3-8(5-13)10-12-9(6-16-10)11(14)15/h6-8H,3-5H2,1-2H3,(H,14,15). The van der Waals surface area contributed by atoms with Crippen molar-refractivity contribution in [1.29, 1.82) is 0 Å². The second-order valence-corrected chi connectivity index (χ2v) is 5.34. The highest BCUT2D eigenvalue weighted by Crippen LogP contribution is 2.30. The van der Waals surface area contributed by atoms with Crippen molar-refractivity contribution in [1.82, 2.24) is 9.88 Å². The van der Waals surface area contributed by atoms with Crippen LogP contribution in [0.5, 0.6) is 0 Å². The molecular formula is C11H16N2O2S. The average Bonchev–Trinajstić information content (AvgIpc) is 2.86. The van der Waals surface area contributed by atoms with Crippen LogP contribution in [0.4, 0.5) is 0 Å². The van der Waals surface area contributed by atoms with E-state index in [4.69, 9.17) is 5.11 Å². The molecule has 1 aliphatic rings. The Balaban J connectivity index is 2.06. The molecule has 1 atom stereocenters. The molecule has 0 bridgehead atoms. The van der Waals surface area contributed by atoms with Gasteiger partial charge in [0.05, 0.1) is 5.01 Å². The van der Waals surface area contributed by atoms with Gasteiger partial charge in [0, 0.05) is 23.9 Å². The lowest BCUT2D eigenvalue weighted by molar-refractivity contribution is 0.0691. The zero-order chi connectivity index (χ0) is 11.7. The van der Waals surface area contributed by atoms with Crippen molar-refractivity contribution in [3.63, 3.8) is 0 Å². The number of hydrogen-bond donors (Lipinski definition) is 1. The van der Waals surface area contributed by atoms with Crippen LogP contribution in [0.2, 0.25) is 0 Å². The highest BCUT2D eigenvalue weighted by Gasteiger charge is 2.27. The van der Waals surface area contributed by atoms with Gasteiger partial charge in [-0.3, -0.25) is 0 Å². The topological polar surface area (TPSA) is 53.4 Å². The summed E-state index contributed by atoms with van der Waals surface area (Å²) in [4.78, 5) is 17.3. The van der Waals surface area contributed by atoms with E-state index in [1.807, 2.05) is 0 Å². The molecule has 0 saturated carbocycles. The minimum atomic E-state index is -0.929. The van der Waals surface area contributed by atoms with Crippen molar-refractivity contribution in [3.05, 3.63) is 16.1 Å². The molecule has 2 rings (SSSR count). The Labute approximate surface area is 98.9 Å². The summed E-state index contributed by atoms with van der Waals surface area (Å²) >= 11 is 1.47. The van der Waals surface area contributed by atoms with E-state index >= 15 is 0 Å². The van der Waals surface area contributed by atoms with E-state index in [2.05, 4.69) is 23.7 Å². The van der Waals surface area contributed by atoms with Crippen molar-refractivity contribution in [2.45, 2.75) is 32.2 Å². The molecule has 5 heteroatoms. The zero-order valence-electron chi connectivity index (χ0n) is 9.51. The molecule has 88 valence electrons. The molecule has 1 aromatic rings. The molecule has 1 aromatic heterocycles. The lowest BCUT2D eigenvalue weighted by Crippen LogP contribution is -2.27. The van der Waals surface area contributed by atoms with Crippen LogP contribution in [-0.4, -0.2) is 40.1 Å². The third-order valence-corrected chi connectivity index (χ3v) is 4.05. The third-order valence-electron chi connectivity index (χ3n) is 3.04. The summed E-state index contributed by atoms with van der Waals surface area (Å²) in [5, 5.41) is 11.4. The summed E-state index contributed by atoms with van der Waals surface area (Å²) in [5.74, 6) is -0.512. The fraction of sp³-hybridized carbons (Fsp3) is 0.636. The number of likely N-dealkylation sites (tertiary alicyclic amines) is 1. The second-order valence-electron chi connectivity index (χ2n) is 4.45. The fourth-order valence-electron chi connectivity index (χ4n) is 2.03. The number of thiazole rings is 1. The van der Waals surface area contributed by atoms with Crippen LogP contribution in [0.15, 0.2) is 5.38 Å². The monoisotopic (exact) mass is 240 g/mol. The Morgan fingerprint density at radius 3 is 2.94 bits per heavy atom. The largest absolute Gasteiger partial charge is 0.476 e. The van der Waals surface area contributed by atoms with E-state index in [0.717, 1.165) is 24.5 Å². The number of nitrogens with zero attached hydrogens (tertiary/aromatic N) is 2. The molecule has 0 amide bonds. The molecule has 2 heterocycles. The van der Waals surface area contributed by atoms with Gasteiger partial charge in [-0.1, -0.05) is 0 Å². The van der Waals surface area contributed by atoms with Gasteiger partial charge < -0.3 is 10.0 Å². The van der Waals surface area contributed by atoms with Crippen LogP contribution in [0.3, 0.4) is 0 Å². The summed E-state index contributed by atoms with van der Waals surface area (Å²) in [6, 6.07) is 0.559. The quantitative estimate of drug-likeness (QED) is 0.878. The maximum absolute atomic E-state index is 10.7. The number of aromatic nitrogens is 1. The SMILES string of the molecule is CC(C)N1CCC(c2nc(C(=O)O)cs2)C1.